The lowest BCUT2D eigenvalue weighted by Gasteiger charge is -2.23. The molecule has 4 bridgehead atoms. The molecule has 0 spiro atoms. The molecule has 0 N–H and O–H groups in total. The first-order valence-corrected chi connectivity index (χ1v) is 11.2. The van der Waals surface area contributed by atoms with Crippen molar-refractivity contribution in [1.29, 1.82) is 0 Å². The van der Waals surface area contributed by atoms with Crippen molar-refractivity contribution in [2.45, 2.75) is 58.0 Å². The van der Waals surface area contributed by atoms with E-state index in [-0.39, 0.29) is 18.4 Å². The molecule has 3 atom stereocenters. The Labute approximate surface area is 182 Å². The van der Waals surface area contributed by atoms with Crippen LogP contribution in [0.1, 0.15) is 45.8 Å². The van der Waals surface area contributed by atoms with E-state index in [1.165, 1.54) is 0 Å². The van der Waals surface area contributed by atoms with Crippen LogP contribution >= 0.6 is 0 Å². The van der Waals surface area contributed by atoms with Crippen LogP contribution in [0.25, 0.3) is 22.2 Å². The number of aromatic nitrogens is 3. The van der Waals surface area contributed by atoms with Gasteiger partial charge in [-0.1, -0.05) is 0 Å². The van der Waals surface area contributed by atoms with Crippen LogP contribution in [-0.2, 0) is 9.47 Å². The second-order valence-electron chi connectivity index (χ2n) is 8.42. The second-order valence-corrected chi connectivity index (χ2v) is 8.42. The molecule has 0 amide bonds. The molecule has 164 valence electrons. The lowest BCUT2D eigenvalue weighted by molar-refractivity contribution is -0.0365. The number of ether oxygens (including phenoxy) is 4. The standard InChI is InChI=1S/C24H29N3O4/c1-16-8-10-28-15-17(2)31-20-11-18(13-25-14-20)24-21-12-19(30-16)6-7-22(21)27(26-24)23-5-3-4-9-29-23/h6-7,11-14,16-17,23H,3-5,8-10,15H2,1-2H3/t16-,17+,23?/m0/s1. The molecule has 1 fully saturated rings. The molecule has 5 rings (SSSR count). The molecule has 2 aliphatic rings. The highest BCUT2D eigenvalue weighted by molar-refractivity contribution is 5.94. The van der Waals surface area contributed by atoms with Crippen molar-refractivity contribution < 1.29 is 18.9 Å². The number of pyridine rings is 1. The van der Waals surface area contributed by atoms with Gasteiger partial charge in [-0.05, 0) is 57.4 Å². The molecule has 1 unspecified atom stereocenters. The average molecular weight is 424 g/mol. The van der Waals surface area contributed by atoms with E-state index in [1.807, 2.05) is 29.9 Å². The third kappa shape index (κ3) is 4.38. The third-order valence-electron chi connectivity index (χ3n) is 5.79. The number of rotatable bonds is 1. The van der Waals surface area contributed by atoms with Crippen LogP contribution in [0.2, 0.25) is 0 Å². The van der Waals surface area contributed by atoms with Crippen molar-refractivity contribution in [2.24, 2.45) is 0 Å². The minimum atomic E-state index is -0.0762. The Kier molecular flexibility index (Phi) is 5.78. The summed E-state index contributed by atoms with van der Waals surface area (Å²) in [6, 6.07) is 8.16. The van der Waals surface area contributed by atoms with Gasteiger partial charge in [-0.15, -0.1) is 0 Å². The van der Waals surface area contributed by atoms with Crippen LogP contribution in [0.3, 0.4) is 0 Å². The fourth-order valence-corrected chi connectivity index (χ4v) is 4.21. The van der Waals surface area contributed by atoms with Gasteiger partial charge in [0, 0.05) is 30.2 Å². The zero-order valence-electron chi connectivity index (χ0n) is 18.1. The number of hydrogen-bond donors (Lipinski definition) is 0. The summed E-state index contributed by atoms with van der Waals surface area (Å²) in [4.78, 5) is 4.41. The first-order chi connectivity index (χ1) is 15.2. The molecule has 2 aliphatic heterocycles. The molecule has 7 nitrogen and oxygen atoms in total. The maximum Gasteiger partial charge on any atom is 0.150 e. The molecule has 31 heavy (non-hydrogen) atoms. The summed E-state index contributed by atoms with van der Waals surface area (Å²) >= 11 is 0. The van der Waals surface area contributed by atoms with Crippen molar-refractivity contribution >= 4 is 10.9 Å². The minimum Gasteiger partial charge on any atom is -0.491 e. The van der Waals surface area contributed by atoms with E-state index in [2.05, 4.69) is 24.0 Å². The molecule has 1 saturated heterocycles. The predicted octanol–water partition coefficient (Wildman–Crippen LogP) is 4.75. The summed E-state index contributed by atoms with van der Waals surface area (Å²) in [5.41, 5.74) is 2.80. The van der Waals surface area contributed by atoms with Gasteiger partial charge < -0.3 is 18.9 Å². The van der Waals surface area contributed by atoms with Crippen LogP contribution in [0, 0.1) is 0 Å². The summed E-state index contributed by atoms with van der Waals surface area (Å²) < 4.78 is 26.1. The minimum absolute atomic E-state index is 0.0432. The summed E-state index contributed by atoms with van der Waals surface area (Å²) in [6.45, 7) is 5.98. The SMILES string of the molecule is C[C@@H]1COCC[C@H](C)Oc2ccc3c(c2)c(nn3C2CCCCO2)-c2cncc(c2)O1. The fourth-order valence-electron chi connectivity index (χ4n) is 4.21. The normalized spacial score (nSPS) is 24.8. The molecule has 0 aliphatic carbocycles. The Morgan fingerprint density at radius 2 is 1.84 bits per heavy atom. The molecule has 2 aromatic heterocycles. The Hall–Kier alpha value is -2.64. The van der Waals surface area contributed by atoms with Gasteiger partial charge in [0.2, 0.25) is 0 Å². The highest BCUT2D eigenvalue weighted by Crippen LogP contribution is 2.35. The van der Waals surface area contributed by atoms with Crippen molar-refractivity contribution in [1.82, 2.24) is 14.8 Å². The monoisotopic (exact) mass is 423 g/mol. The summed E-state index contributed by atoms with van der Waals surface area (Å²) in [7, 11) is 0. The maximum absolute atomic E-state index is 6.19. The van der Waals surface area contributed by atoms with Crippen LogP contribution < -0.4 is 9.47 Å². The number of benzene rings is 1. The Balaban J connectivity index is 1.63. The van der Waals surface area contributed by atoms with Crippen LogP contribution in [0.15, 0.2) is 36.7 Å². The Morgan fingerprint density at radius 1 is 0.935 bits per heavy atom. The molecular formula is C24H29N3O4. The van der Waals surface area contributed by atoms with Gasteiger partial charge in [-0.25, -0.2) is 4.68 Å². The van der Waals surface area contributed by atoms with Gasteiger partial charge in [0.05, 0.1) is 31.0 Å². The highest BCUT2D eigenvalue weighted by Gasteiger charge is 2.23. The highest BCUT2D eigenvalue weighted by atomic mass is 16.5. The van der Waals surface area contributed by atoms with Crippen molar-refractivity contribution in [3.05, 3.63) is 36.7 Å². The molecule has 1 aromatic carbocycles. The molecule has 4 heterocycles. The van der Waals surface area contributed by atoms with E-state index in [0.717, 1.165) is 60.2 Å². The van der Waals surface area contributed by atoms with E-state index >= 15 is 0 Å². The number of hydrogen-bond acceptors (Lipinski definition) is 6. The van der Waals surface area contributed by atoms with E-state index in [9.17, 15) is 0 Å². The van der Waals surface area contributed by atoms with Crippen LogP contribution in [0.5, 0.6) is 11.5 Å². The van der Waals surface area contributed by atoms with Crippen LogP contribution in [-0.4, -0.2) is 46.8 Å². The topological polar surface area (TPSA) is 67.6 Å². The zero-order valence-corrected chi connectivity index (χ0v) is 18.1. The van der Waals surface area contributed by atoms with Gasteiger partial charge >= 0.3 is 0 Å². The van der Waals surface area contributed by atoms with Gasteiger partial charge in [0.15, 0.2) is 6.23 Å². The van der Waals surface area contributed by atoms with Crippen LogP contribution in [0.4, 0.5) is 0 Å². The van der Waals surface area contributed by atoms with Gasteiger partial charge in [-0.2, -0.15) is 5.10 Å². The van der Waals surface area contributed by atoms with E-state index in [0.29, 0.717) is 19.0 Å². The Bertz CT molecular complexity index is 1040. The molecule has 7 heteroatoms. The fraction of sp³-hybridized carbons (Fsp3) is 0.500. The number of fused-ring (bicyclic) bond motifs is 4. The molecule has 0 saturated carbocycles. The predicted molar refractivity (Wildman–Crippen MR) is 117 cm³/mol. The molecule has 3 aromatic rings. The third-order valence-corrected chi connectivity index (χ3v) is 5.79. The summed E-state index contributed by atoms with van der Waals surface area (Å²) in [5.74, 6) is 1.54. The first kappa shape index (κ1) is 20.3. The Morgan fingerprint density at radius 3 is 2.71 bits per heavy atom. The maximum atomic E-state index is 6.19. The first-order valence-electron chi connectivity index (χ1n) is 11.2. The second kappa shape index (κ2) is 8.85. The quantitative estimate of drug-likeness (QED) is 0.563. The van der Waals surface area contributed by atoms with Crippen molar-refractivity contribution in [2.75, 3.05) is 19.8 Å². The van der Waals surface area contributed by atoms with E-state index in [1.54, 1.807) is 6.20 Å². The molecule has 0 radical (unpaired) electrons. The van der Waals surface area contributed by atoms with Gasteiger partial charge in [-0.3, -0.25) is 4.98 Å². The van der Waals surface area contributed by atoms with Gasteiger partial charge in [0.1, 0.15) is 23.3 Å². The van der Waals surface area contributed by atoms with E-state index in [4.69, 9.17) is 24.0 Å². The van der Waals surface area contributed by atoms with E-state index < -0.39 is 0 Å². The molecular weight excluding hydrogens is 394 g/mol. The summed E-state index contributed by atoms with van der Waals surface area (Å²) in [6.07, 6.45) is 7.50. The van der Waals surface area contributed by atoms with Gasteiger partial charge in [0.25, 0.3) is 0 Å². The lowest BCUT2D eigenvalue weighted by atomic mass is 10.1. The van der Waals surface area contributed by atoms with Crippen molar-refractivity contribution in [3.8, 4) is 22.8 Å². The smallest absolute Gasteiger partial charge is 0.150 e. The summed E-state index contributed by atoms with van der Waals surface area (Å²) in [5, 5.41) is 6.02. The lowest BCUT2D eigenvalue weighted by Crippen LogP contribution is -2.21. The largest absolute Gasteiger partial charge is 0.491 e. The number of nitrogens with zero attached hydrogens (tertiary/aromatic N) is 3. The zero-order chi connectivity index (χ0) is 21.2. The average Bonchev–Trinajstić information content (AvgIpc) is 3.16. The van der Waals surface area contributed by atoms with Crippen molar-refractivity contribution in [3.63, 3.8) is 0 Å².